The van der Waals surface area contributed by atoms with Gasteiger partial charge in [0.2, 0.25) is 0 Å². The first-order chi connectivity index (χ1) is 10.0. The molecule has 2 rings (SSSR count). The molecule has 3 nitrogen and oxygen atoms in total. The van der Waals surface area contributed by atoms with Crippen LogP contribution >= 0.6 is 0 Å². The molecule has 4 heteroatoms. The van der Waals surface area contributed by atoms with Crippen LogP contribution in [0.1, 0.15) is 53.9 Å². The summed E-state index contributed by atoms with van der Waals surface area (Å²) in [5.74, 6) is 0.212. The first-order valence-corrected chi connectivity index (χ1v) is 11.5. The molecule has 2 aliphatic rings. The molecule has 1 saturated heterocycles. The van der Waals surface area contributed by atoms with E-state index in [-0.39, 0.29) is 22.8 Å². The van der Waals surface area contributed by atoms with E-state index in [0.717, 1.165) is 19.3 Å². The van der Waals surface area contributed by atoms with Crippen LogP contribution in [0.4, 0.5) is 0 Å². The molecule has 0 N–H and O–H groups in total. The number of ether oxygens (including phenoxy) is 1. The van der Waals surface area contributed by atoms with Crippen molar-refractivity contribution in [1.29, 1.82) is 0 Å². The van der Waals surface area contributed by atoms with Crippen molar-refractivity contribution in [2.75, 3.05) is 0 Å². The van der Waals surface area contributed by atoms with Gasteiger partial charge in [0.15, 0.2) is 14.1 Å². The molecular formula is C18H32O3Si. The fraction of sp³-hybridized carbons (Fsp3) is 0.833. The van der Waals surface area contributed by atoms with E-state index in [1.807, 2.05) is 6.92 Å². The summed E-state index contributed by atoms with van der Waals surface area (Å²) in [5.41, 5.74) is -0.583. The maximum atomic E-state index is 13.1. The number of unbranched alkanes of at least 4 members (excludes halogenated alkanes) is 1. The van der Waals surface area contributed by atoms with E-state index in [0.29, 0.717) is 0 Å². The highest BCUT2D eigenvalue weighted by atomic mass is 28.4. The smallest absolute Gasteiger partial charge is 0.193 e. The Morgan fingerprint density at radius 2 is 2.00 bits per heavy atom. The Labute approximate surface area is 136 Å². The predicted octanol–water partition coefficient (Wildman–Crippen LogP) is 4.48. The SMILES string of the molecule is CCCC[C@H]1C(=O)[C@@H](O[Si](C)(C)C(C)(C)C)C2(C)C=C[C@H]1O2. The van der Waals surface area contributed by atoms with E-state index >= 15 is 0 Å². The Morgan fingerprint density at radius 3 is 2.55 bits per heavy atom. The fourth-order valence-corrected chi connectivity index (χ4v) is 4.33. The van der Waals surface area contributed by atoms with Crippen LogP contribution in [0.5, 0.6) is 0 Å². The molecule has 0 aromatic carbocycles. The van der Waals surface area contributed by atoms with Gasteiger partial charge in [0.05, 0.1) is 12.0 Å². The van der Waals surface area contributed by atoms with Gasteiger partial charge in [0, 0.05) is 0 Å². The van der Waals surface area contributed by atoms with Crippen LogP contribution in [0, 0.1) is 5.92 Å². The number of carbonyl (C=O) groups is 1. The summed E-state index contributed by atoms with van der Waals surface area (Å²) >= 11 is 0. The van der Waals surface area contributed by atoms with E-state index in [4.69, 9.17) is 9.16 Å². The van der Waals surface area contributed by atoms with Crippen LogP contribution in [0.3, 0.4) is 0 Å². The number of Topliss-reactive ketones (excluding diaryl/α,β-unsaturated/α-hetero) is 1. The summed E-state index contributed by atoms with van der Waals surface area (Å²) < 4.78 is 12.7. The molecule has 126 valence electrons. The highest BCUT2D eigenvalue weighted by Crippen LogP contribution is 2.45. The maximum absolute atomic E-state index is 13.1. The lowest BCUT2D eigenvalue weighted by Crippen LogP contribution is -2.59. The molecule has 2 bridgehead atoms. The molecule has 1 fully saturated rings. The average Bonchev–Trinajstić information content (AvgIpc) is 2.74. The van der Waals surface area contributed by atoms with Crippen LogP contribution in [-0.2, 0) is 14.0 Å². The highest BCUT2D eigenvalue weighted by Gasteiger charge is 2.55. The van der Waals surface area contributed by atoms with Crippen molar-refractivity contribution in [2.24, 2.45) is 5.92 Å². The van der Waals surface area contributed by atoms with E-state index in [1.165, 1.54) is 0 Å². The van der Waals surface area contributed by atoms with Gasteiger partial charge in [-0.25, -0.2) is 0 Å². The number of ketones is 1. The van der Waals surface area contributed by atoms with Crippen LogP contribution in [0.15, 0.2) is 12.2 Å². The second kappa shape index (κ2) is 5.88. The monoisotopic (exact) mass is 324 g/mol. The van der Waals surface area contributed by atoms with E-state index < -0.39 is 20.0 Å². The minimum Gasteiger partial charge on any atom is -0.404 e. The van der Waals surface area contributed by atoms with Gasteiger partial charge in [-0.15, -0.1) is 0 Å². The lowest BCUT2D eigenvalue weighted by Gasteiger charge is -2.46. The van der Waals surface area contributed by atoms with Crippen LogP contribution < -0.4 is 0 Å². The molecule has 1 unspecified atom stereocenters. The van der Waals surface area contributed by atoms with Crippen molar-refractivity contribution < 1.29 is 14.0 Å². The number of rotatable bonds is 5. The summed E-state index contributed by atoms with van der Waals surface area (Å²) in [6, 6.07) is 0. The number of carbonyl (C=O) groups excluding carboxylic acids is 1. The quantitative estimate of drug-likeness (QED) is 0.552. The van der Waals surface area contributed by atoms with Gasteiger partial charge >= 0.3 is 0 Å². The molecule has 0 amide bonds. The maximum Gasteiger partial charge on any atom is 0.193 e. The zero-order valence-corrected chi connectivity index (χ0v) is 16.2. The molecule has 0 spiro atoms. The van der Waals surface area contributed by atoms with E-state index in [9.17, 15) is 4.79 Å². The first kappa shape index (κ1) is 17.9. The molecule has 2 aliphatic heterocycles. The van der Waals surface area contributed by atoms with Crippen molar-refractivity contribution in [3.8, 4) is 0 Å². The second-order valence-electron chi connectivity index (χ2n) is 8.53. The fourth-order valence-electron chi connectivity index (χ4n) is 3.04. The van der Waals surface area contributed by atoms with Gasteiger partial charge in [-0.1, -0.05) is 52.7 Å². The van der Waals surface area contributed by atoms with Crippen LogP contribution in [0.25, 0.3) is 0 Å². The minimum atomic E-state index is -2.02. The molecule has 0 aliphatic carbocycles. The largest absolute Gasteiger partial charge is 0.404 e. The summed E-state index contributed by atoms with van der Waals surface area (Å²) in [4.78, 5) is 13.1. The number of fused-ring (bicyclic) bond motifs is 2. The Bertz CT molecular complexity index is 463. The zero-order valence-electron chi connectivity index (χ0n) is 15.2. The third kappa shape index (κ3) is 3.10. The van der Waals surface area contributed by atoms with Crippen molar-refractivity contribution in [3.63, 3.8) is 0 Å². The third-order valence-electron chi connectivity index (χ3n) is 5.64. The van der Waals surface area contributed by atoms with E-state index in [2.05, 4.69) is 52.9 Å². The van der Waals surface area contributed by atoms with Crippen LogP contribution in [-0.4, -0.2) is 31.9 Å². The van der Waals surface area contributed by atoms with Gasteiger partial charge in [0.25, 0.3) is 0 Å². The predicted molar refractivity (Wildman–Crippen MR) is 92.5 cm³/mol. The normalized spacial score (nSPS) is 35.2. The Balaban J connectivity index is 2.25. The second-order valence-corrected chi connectivity index (χ2v) is 13.3. The number of hydrogen-bond donors (Lipinski definition) is 0. The van der Waals surface area contributed by atoms with E-state index in [1.54, 1.807) is 0 Å². The standard InChI is InChI=1S/C18H32O3Si/c1-8-9-10-13-14-11-12-18(5,20-14)16(15(13)19)21-22(6,7)17(2,3)4/h11-14,16H,8-10H2,1-7H3/t13-,14-,16-,18?/m1/s1. The summed E-state index contributed by atoms with van der Waals surface area (Å²) in [5, 5.41) is 0.0850. The summed E-state index contributed by atoms with van der Waals surface area (Å²) in [6.07, 6.45) is 6.69. The van der Waals surface area contributed by atoms with Crippen molar-refractivity contribution in [3.05, 3.63) is 12.2 Å². The van der Waals surface area contributed by atoms with Crippen molar-refractivity contribution in [1.82, 2.24) is 0 Å². The Morgan fingerprint density at radius 1 is 1.36 bits per heavy atom. The lowest BCUT2D eigenvalue weighted by molar-refractivity contribution is -0.170. The topological polar surface area (TPSA) is 35.5 Å². The molecule has 0 radical (unpaired) electrons. The van der Waals surface area contributed by atoms with Crippen molar-refractivity contribution >= 4 is 14.1 Å². The van der Waals surface area contributed by atoms with Crippen LogP contribution in [0.2, 0.25) is 18.1 Å². The van der Waals surface area contributed by atoms with Gasteiger partial charge in [0.1, 0.15) is 11.7 Å². The molecule has 4 atom stereocenters. The van der Waals surface area contributed by atoms with Gasteiger partial charge in [-0.05, 0) is 31.5 Å². The molecule has 22 heavy (non-hydrogen) atoms. The Kier molecular flexibility index (Phi) is 4.78. The van der Waals surface area contributed by atoms with Gasteiger partial charge < -0.3 is 9.16 Å². The first-order valence-electron chi connectivity index (χ1n) is 8.60. The molecular weight excluding hydrogens is 292 g/mol. The zero-order chi connectivity index (χ0) is 16.8. The lowest BCUT2D eigenvalue weighted by atomic mass is 9.83. The Hall–Kier alpha value is -0.453. The third-order valence-corrected chi connectivity index (χ3v) is 10.1. The number of hydrogen-bond acceptors (Lipinski definition) is 3. The van der Waals surface area contributed by atoms with Gasteiger partial charge in [-0.3, -0.25) is 4.79 Å². The molecule has 0 aromatic rings. The summed E-state index contributed by atoms with van der Waals surface area (Å²) in [7, 11) is -2.02. The average molecular weight is 325 g/mol. The molecule has 2 heterocycles. The molecule has 0 saturated carbocycles. The van der Waals surface area contributed by atoms with Crippen molar-refractivity contribution in [2.45, 2.75) is 89.8 Å². The highest BCUT2D eigenvalue weighted by molar-refractivity contribution is 6.74. The summed E-state index contributed by atoms with van der Waals surface area (Å²) in [6.45, 7) is 15.2. The van der Waals surface area contributed by atoms with Gasteiger partial charge in [-0.2, -0.15) is 0 Å². The minimum absolute atomic E-state index is 0.0402. The molecule has 0 aromatic heterocycles.